The molecule has 0 spiro atoms. The minimum atomic E-state index is 0.744. The molecule has 0 radical (unpaired) electrons. The van der Waals surface area contributed by atoms with Crippen molar-refractivity contribution in [3.8, 4) is 11.3 Å². The molecule has 19 heavy (non-hydrogen) atoms. The lowest BCUT2D eigenvalue weighted by molar-refractivity contribution is 0.623. The van der Waals surface area contributed by atoms with Crippen molar-refractivity contribution in [3.63, 3.8) is 0 Å². The van der Waals surface area contributed by atoms with Gasteiger partial charge < -0.3 is 10.3 Å². The van der Waals surface area contributed by atoms with Crippen LogP contribution in [0.3, 0.4) is 0 Å². The zero-order valence-corrected chi connectivity index (χ0v) is 11.8. The lowest BCUT2D eigenvalue weighted by Crippen LogP contribution is -2.16. The summed E-state index contributed by atoms with van der Waals surface area (Å²) in [6.45, 7) is 3.96. The number of aromatic amines is 1. The number of H-pyrrole nitrogens is 1. The number of rotatable bonds is 5. The highest BCUT2D eigenvalue weighted by Crippen LogP contribution is 2.28. The Kier molecular flexibility index (Phi) is 3.58. The maximum atomic E-state index is 6.03. The molecule has 0 bridgehead atoms. The number of halogens is 1. The zero-order chi connectivity index (χ0) is 13.2. The van der Waals surface area contributed by atoms with Crippen LogP contribution < -0.4 is 5.32 Å². The molecule has 0 amide bonds. The number of aryl methyl sites for hydroxylation is 1. The van der Waals surface area contributed by atoms with Crippen LogP contribution in [0.5, 0.6) is 0 Å². The van der Waals surface area contributed by atoms with Crippen molar-refractivity contribution in [3.05, 3.63) is 40.8 Å². The van der Waals surface area contributed by atoms with Gasteiger partial charge >= 0.3 is 0 Å². The van der Waals surface area contributed by atoms with Crippen molar-refractivity contribution in [2.24, 2.45) is 5.92 Å². The molecule has 1 aliphatic rings. The SMILES string of the molecule is Cc1[nH]c(CNCC2CC2)nc1-c1cccc(Cl)c1. The molecule has 2 N–H and O–H groups in total. The molecule has 3 rings (SSSR count). The molecule has 0 atom stereocenters. The normalized spacial score (nSPS) is 14.8. The van der Waals surface area contributed by atoms with Gasteiger partial charge in [0.1, 0.15) is 5.82 Å². The predicted molar refractivity (Wildman–Crippen MR) is 78.2 cm³/mol. The van der Waals surface area contributed by atoms with Crippen molar-refractivity contribution in [1.29, 1.82) is 0 Å². The summed E-state index contributed by atoms with van der Waals surface area (Å²) in [5.74, 6) is 1.89. The van der Waals surface area contributed by atoms with Crippen molar-refractivity contribution in [2.45, 2.75) is 26.3 Å². The summed E-state index contributed by atoms with van der Waals surface area (Å²) in [6.07, 6.45) is 2.75. The van der Waals surface area contributed by atoms with Gasteiger partial charge in [0.15, 0.2) is 0 Å². The standard InChI is InChI=1S/C15H18ClN3/c1-10-15(12-3-2-4-13(16)7-12)19-14(18-10)9-17-8-11-5-6-11/h2-4,7,11,17H,5-6,8-9H2,1H3,(H,18,19). The number of nitrogens with one attached hydrogen (secondary N) is 2. The van der Waals surface area contributed by atoms with E-state index in [0.717, 1.165) is 46.8 Å². The van der Waals surface area contributed by atoms with Gasteiger partial charge in [-0.3, -0.25) is 0 Å². The molecular formula is C15H18ClN3. The first-order chi connectivity index (χ1) is 9.22. The predicted octanol–water partition coefficient (Wildman–Crippen LogP) is 3.54. The average molecular weight is 276 g/mol. The summed E-state index contributed by atoms with van der Waals surface area (Å²) in [5, 5.41) is 4.19. The first-order valence-electron chi connectivity index (χ1n) is 6.74. The number of hydrogen-bond donors (Lipinski definition) is 2. The van der Waals surface area contributed by atoms with Crippen molar-refractivity contribution >= 4 is 11.6 Å². The third-order valence-corrected chi connectivity index (χ3v) is 3.69. The minimum Gasteiger partial charge on any atom is -0.344 e. The highest BCUT2D eigenvalue weighted by atomic mass is 35.5. The fraction of sp³-hybridized carbons (Fsp3) is 0.400. The van der Waals surface area contributed by atoms with E-state index in [1.807, 2.05) is 31.2 Å². The van der Waals surface area contributed by atoms with Crippen LogP contribution in [-0.4, -0.2) is 16.5 Å². The Bertz CT molecular complexity index is 573. The van der Waals surface area contributed by atoms with Crippen LogP contribution in [0.4, 0.5) is 0 Å². The molecule has 2 aromatic rings. The Labute approximate surface area is 118 Å². The fourth-order valence-electron chi connectivity index (χ4n) is 2.24. The summed E-state index contributed by atoms with van der Waals surface area (Å²) in [4.78, 5) is 8.00. The second kappa shape index (κ2) is 5.35. The molecule has 1 aromatic carbocycles. The second-order valence-corrected chi connectivity index (χ2v) is 5.68. The first kappa shape index (κ1) is 12.7. The Hall–Kier alpha value is -1.32. The molecule has 0 unspecified atom stereocenters. The lowest BCUT2D eigenvalue weighted by Gasteiger charge is -2.00. The molecule has 1 saturated carbocycles. The highest BCUT2D eigenvalue weighted by molar-refractivity contribution is 6.30. The van der Waals surface area contributed by atoms with E-state index in [2.05, 4.69) is 15.3 Å². The summed E-state index contributed by atoms with van der Waals surface area (Å²) in [5.41, 5.74) is 3.14. The van der Waals surface area contributed by atoms with Gasteiger partial charge in [0, 0.05) is 16.3 Å². The topological polar surface area (TPSA) is 40.7 Å². The van der Waals surface area contributed by atoms with Crippen LogP contribution in [0.1, 0.15) is 24.4 Å². The fourth-order valence-corrected chi connectivity index (χ4v) is 2.43. The number of benzene rings is 1. The minimum absolute atomic E-state index is 0.744. The number of nitrogens with zero attached hydrogens (tertiary/aromatic N) is 1. The van der Waals surface area contributed by atoms with Crippen molar-refractivity contribution < 1.29 is 0 Å². The Morgan fingerprint density at radius 2 is 2.26 bits per heavy atom. The molecule has 1 fully saturated rings. The molecule has 1 aromatic heterocycles. The van der Waals surface area contributed by atoms with E-state index in [4.69, 9.17) is 11.6 Å². The van der Waals surface area contributed by atoms with Crippen LogP contribution >= 0.6 is 11.6 Å². The maximum Gasteiger partial charge on any atom is 0.121 e. The summed E-state index contributed by atoms with van der Waals surface area (Å²) < 4.78 is 0. The monoisotopic (exact) mass is 275 g/mol. The molecule has 0 aliphatic heterocycles. The van der Waals surface area contributed by atoms with Crippen LogP contribution in [0, 0.1) is 12.8 Å². The summed E-state index contributed by atoms with van der Waals surface area (Å²) >= 11 is 6.03. The van der Waals surface area contributed by atoms with E-state index in [1.54, 1.807) is 0 Å². The van der Waals surface area contributed by atoms with Crippen LogP contribution in [0.2, 0.25) is 5.02 Å². The number of aromatic nitrogens is 2. The maximum absolute atomic E-state index is 6.03. The van der Waals surface area contributed by atoms with Gasteiger partial charge in [-0.2, -0.15) is 0 Å². The molecular weight excluding hydrogens is 258 g/mol. The summed E-state index contributed by atoms with van der Waals surface area (Å²) in [7, 11) is 0. The van der Waals surface area contributed by atoms with E-state index in [-0.39, 0.29) is 0 Å². The quantitative estimate of drug-likeness (QED) is 0.876. The van der Waals surface area contributed by atoms with Crippen molar-refractivity contribution in [2.75, 3.05) is 6.54 Å². The van der Waals surface area contributed by atoms with Gasteiger partial charge in [0.05, 0.1) is 12.2 Å². The largest absolute Gasteiger partial charge is 0.344 e. The first-order valence-corrected chi connectivity index (χ1v) is 7.12. The van der Waals surface area contributed by atoms with E-state index >= 15 is 0 Å². The Balaban J connectivity index is 1.72. The lowest BCUT2D eigenvalue weighted by atomic mass is 10.1. The zero-order valence-electron chi connectivity index (χ0n) is 11.0. The number of imidazole rings is 1. The Morgan fingerprint density at radius 1 is 1.42 bits per heavy atom. The van der Waals surface area contributed by atoms with E-state index in [9.17, 15) is 0 Å². The van der Waals surface area contributed by atoms with Crippen LogP contribution in [0.25, 0.3) is 11.3 Å². The number of hydrogen-bond acceptors (Lipinski definition) is 2. The van der Waals surface area contributed by atoms with E-state index in [1.165, 1.54) is 12.8 Å². The second-order valence-electron chi connectivity index (χ2n) is 5.24. The smallest absolute Gasteiger partial charge is 0.121 e. The van der Waals surface area contributed by atoms with E-state index < -0.39 is 0 Å². The van der Waals surface area contributed by atoms with Crippen molar-refractivity contribution in [1.82, 2.24) is 15.3 Å². The molecule has 3 nitrogen and oxygen atoms in total. The van der Waals surface area contributed by atoms with Gasteiger partial charge in [-0.15, -0.1) is 0 Å². The van der Waals surface area contributed by atoms with Crippen LogP contribution in [0.15, 0.2) is 24.3 Å². The van der Waals surface area contributed by atoms with Gasteiger partial charge in [-0.05, 0) is 44.4 Å². The van der Waals surface area contributed by atoms with Gasteiger partial charge in [-0.25, -0.2) is 4.98 Å². The van der Waals surface area contributed by atoms with E-state index in [0.29, 0.717) is 0 Å². The highest BCUT2D eigenvalue weighted by Gasteiger charge is 2.20. The molecule has 1 heterocycles. The Morgan fingerprint density at radius 3 is 3.00 bits per heavy atom. The third-order valence-electron chi connectivity index (χ3n) is 3.45. The summed E-state index contributed by atoms with van der Waals surface area (Å²) in [6, 6.07) is 7.82. The van der Waals surface area contributed by atoms with Gasteiger partial charge in [0.2, 0.25) is 0 Å². The van der Waals surface area contributed by atoms with Gasteiger partial charge in [0.25, 0.3) is 0 Å². The van der Waals surface area contributed by atoms with Crippen LogP contribution in [-0.2, 0) is 6.54 Å². The molecule has 0 saturated heterocycles. The molecule has 1 aliphatic carbocycles. The van der Waals surface area contributed by atoms with Gasteiger partial charge in [-0.1, -0.05) is 23.7 Å². The third kappa shape index (κ3) is 3.17. The average Bonchev–Trinajstić information content (AvgIpc) is 3.12. The molecule has 4 heteroatoms. The molecule has 100 valence electrons.